The fourth-order valence-electron chi connectivity index (χ4n) is 1.66. The van der Waals surface area contributed by atoms with Gasteiger partial charge in [0.15, 0.2) is 5.75 Å². The van der Waals surface area contributed by atoms with Crippen LogP contribution < -0.4 is 10.1 Å². The van der Waals surface area contributed by atoms with Gasteiger partial charge < -0.3 is 10.1 Å². The Bertz CT molecular complexity index is 307. The van der Waals surface area contributed by atoms with Crippen molar-refractivity contribution in [1.82, 2.24) is 15.1 Å². The molecule has 0 spiro atoms. The largest absolute Gasteiger partial charge is 0.490 e. The number of nitrogens with zero attached hydrogens (tertiary/aromatic N) is 2. The van der Waals surface area contributed by atoms with Crippen LogP contribution in [-0.2, 0) is 7.05 Å². The lowest BCUT2D eigenvalue weighted by molar-refractivity contribution is 0.304. The first-order valence-electron chi connectivity index (χ1n) is 6.19. The number of aryl methyl sites for hydroxylation is 1. The molecule has 0 aromatic carbocycles. The molecular formula is C12H21N3O. The van der Waals surface area contributed by atoms with Crippen molar-refractivity contribution in [1.29, 1.82) is 0 Å². The number of rotatable bonds is 8. The van der Waals surface area contributed by atoms with Crippen molar-refractivity contribution < 1.29 is 4.74 Å². The van der Waals surface area contributed by atoms with Crippen LogP contribution in [0.2, 0.25) is 0 Å². The van der Waals surface area contributed by atoms with Crippen molar-refractivity contribution >= 4 is 0 Å². The third-order valence-electron chi connectivity index (χ3n) is 2.78. The van der Waals surface area contributed by atoms with Gasteiger partial charge in [0.1, 0.15) is 0 Å². The molecule has 90 valence electrons. The highest BCUT2D eigenvalue weighted by atomic mass is 16.5. The highest BCUT2D eigenvalue weighted by molar-refractivity contribution is 5.10. The molecular weight excluding hydrogens is 202 g/mol. The first kappa shape index (κ1) is 11.5. The zero-order chi connectivity index (χ0) is 11.2. The lowest BCUT2D eigenvalue weighted by Crippen LogP contribution is -2.17. The summed E-state index contributed by atoms with van der Waals surface area (Å²) in [7, 11) is 1.90. The van der Waals surface area contributed by atoms with Crippen LogP contribution >= 0.6 is 0 Å². The zero-order valence-electron chi connectivity index (χ0n) is 9.98. The summed E-state index contributed by atoms with van der Waals surface area (Å²) in [5.41, 5.74) is 0. The SMILES string of the molecule is Cn1cc(OCCCCCNC2CC2)cn1. The van der Waals surface area contributed by atoms with Gasteiger partial charge in [-0.05, 0) is 38.6 Å². The molecule has 1 aromatic rings. The summed E-state index contributed by atoms with van der Waals surface area (Å²) in [6, 6.07) is 0.839. The van der Waals surface area contributed by atoms with E-state index in [-0.39, 0.29) is 0 Å². The van der Waals surface area contributed by atoms with Gasteiger partial charge in [0, 0.05) is 13.1 Å². The number of aromatic nitrogens is 2. The van der Waals surface area contributed by atoms with Crippen molar-refractivity contribution in [2.75, 3.05) is 13.2 Å². The molecule has 0 unspecified atom stereocenters. The lowest BCUT2D eigenvalue weighted by atomic mass is 10.2. The van der Waals surface area contributed by atoms with E-state index < -0.39 is 0 Å². The smallest absolute Gasteiger partial charge is 0.157 e. The standard InChI is InChI=1S/C12H21N3O/c1-15-10-12(9-14-15)16-8-4-2-3-7-13-11-5-6-11/h9-11,13H,2-8H2,1H3. The summed E-state index contributed by atoms with van der Waals surface area (Å²) in [6.45, 7) is 1.96. The maximum atomic E-state index is 5.56. The Kier molecular flexibility index (Phi) is 4.22. The first-order valence-corrected chi connectivity index (χ1v) is 6.19. The third kappa shape index (κ3) is 4.23. The van der Waals surface area contributed by atoms with E-state index >= 15 is 0 Å². The second kappa shape index (κ2) is 5.89. The van der Waals surface area contributed by atoms with Gasteiger partial charge in [-0.1, -0.05) is 0 Å². The molecule has 0 amide bonds. The maximum absolute atomic E-state index is 5.56. The fraction of sp³-hybridized carbons (Fsp3) is 0.750. The van der Waals surface area contributed by atoms with Crippen molar-refractivity contribution in [2.45, 2.75) is 38.1 Å². The quantitative estimate of drug-likeness (QED) is 0.682. The second-order valence-electron chi connectivity index (χ2n) is 4.49. The highest BCUT2D eigenvalue weighted by Gasteiger charge is 2.19. The van der Waals surface area contributed by atoms with Crippen LogP contribution in [0.5, 0.6) is 5.75 Å². The molecule has 1 N–H and O–H groups in total. The number of hydrogen-bond acceptors (Lipinski definition) is 3. The van der Waals surface area contributed by atoms with Crippen molar-refractivity contribution in [2.24, 2.45) is 7.05 Å². The lowest BCUT2D eigenvalue weighted by Gasteiger charge is -2.04. The summed E-state index contributed by atoms with van der Waals surface area (Å²) in [4.78, 5) is 0. The Morgan fingerprint density at radius 3 is 3.00 bits per heavy atom. The monoisotopic (exact) mass is 223 g/mol. The molecule has 0 radical (unpaired) electrons. The fourth-order valence-corrected chi connectivity index (χ4v) is 1.66. The second-order valence-corrected chi connectivity index (χ2v) is 4.49. The van der Waals surface area contributed by atoms with Crippen LogP contribution in [0, 0.1) is 0 Å². The molecule has 1 heterocycles. The van der Waals surface area contributed by atoms with Crippen LogP contribution in [0.25, 0.3) is 0 Å². The number of nitrogens with one attached hydrogen (secondary N) is 1. The van der Waals surface area contributed by atoms with Gasteiger partial charge in [0.25, 0.3) is 0 Å². The molecule has 0 bridgehead atoms. The predicted octanol–water partition coefficient (Wildman–Crippen LogP) is 1.72. The molecule has 4 heteroatoms. The zero-order valence-corrected chi connectivity index (χ0v) is 9.98. The summed E-state index contributed by atoms with van der Waals surface area (Å²) >= 11 is 0. The van der Waals surface area contributed by atoms with E-state index in [1.54, 1.807) is 10.9 Å². The Balaban J connectivity index is 1.42. The Morgan fingerprint density at radius 1 is 1.44 bits per heavy atom. The topological polar surface area (TPSA) is 39.1 Å². The minimum Gasteiger partial charge on any atom is -0.490 e. The molecule has 1 fully saturated rings. The third-order valence-corrected chi connectivity index (χ3v) is 2.78. The van der Waals surface area contributed by atoms with Gasteiger partial charge in [0.05, 0.1) is 19.0 Å². The molecule has 0 atom stereocenters. The predicted molar refractivity (Wildman–Crippen MR) is 63.6 cm³/mol. The molecule has 4 nitrogen and oxygen atoms in total. The Hall–Kier alpha value is -1.03. The van der Waals surface area contributed by atoms with E-state index in [1.807, 2.05) is 13.2 Å². The summed E-state index contributed by atoms with van der Waals surface area (Å²) in [5.74, 6) is 0.874. The average Bonchev–Trinajstić information content (AvgIpc) is 3.00. The van der Waals surface area contributed by atoms with Gasteiger partial charge in [0.2, 0.25) is 0 Å². The molecule has 1 aromatic heterocycles. The number of ether oxygens (including phenoxy) is 1. The van der Waals surface area contributed by atoms with Gasteiger partial charge in [-0.2, -0.15) is 5.10 Å². The van der Waals surface area contributed by atoms with E-state index in [1.165, 1.54) is 25.7 Å². The summed E-state index contributed by atoms with van der Waals surface area (Å²) < 4.78 is 7.32. The van der Waals surface area contributed by atoms with E-state index in [2.05, 4.69) is 10.4 Å². The minimum absolute atomic E-state index is 0.801. The van der Waals surface area contributed by atoms with E-state index in [4.69, 9.17) is 4.74 Å². The molecule has 2 rings (SSSR count). The number of unbranched alkanes of at least 4 members (excludes halogenated alkanes) is 2. The summed E-state index contributed by atoms with van der Waals surface area (Å²) in [6.07, 6.45) is 10.0. The van der Waals surface area contributed by atoms with E-state index in [0.717, 1.165) is 31.4 Å². The first-order chi connectivity index (χ1) is 7.84. The molecule has 1 saturated carbocycles. The van der Waals surface area contributed by atoms with Crippen LogP contribution in [0.1, 0.15) is 32.1 Å². The van der Waals surface area contributed by atoms with Gasteiger partial charge >= 0.3 is 0 Å². The molecule has 1 aliphatic carbocycles. The van der Waals surface area contributed by atoms with Crippen LogP contribution in [-0.4, -0.2) is 29.0 Å². The van der Waals surface area contributed by atoms with E-state index in [0.29, 0.717) is 0 Å². The van der Waals surface area contributed by atoms with E-state index in [9.17, 15) is 0 Å². The molecule has 0 aliphatic heterocycles. The van der Waals surface area contributed by atoms with Gasteiger partial charge in [-0.3, -0.25) is 4.68 Å². The van der Waals surface area contributed by atoms with Crippen molar-refractivity contribution in [3.8, 4) is 5.75 Å². The van der Waals surface area contributed by atoms with Gasteiger partial charge in [-0.25, -0.2) is 0 Å². The Morgan fingerprint density at radius 2 is 2.31 bits per heavy atom. The average molecular weight is 223 g/mol. The van der Waals surface area contributed by atoms with Crippen LogP contribution in [0.3, 0.4) is 0 Å². The highest BCUT2D eigenvalue weighted by Crippen LogP contribution is 2.18. The Labute approximate surface area is 97.0 Å². The summed E-state index contributed by atoms with van der Waals surface area (Å²) in [5, 5.41) is 7.57. The maximum Gasteiger partial charge on any atom is 0.157 e. The van der Waals surface area contributed by atoms with Crippen LogP contribution in [0.4, 0.5) is 0 Å². The molecule has 1 aliphatic rings. The van der Waals surface area contributed by atoms with Gasteiger partial charge in [-0.15, -0.1) is 0 Å². The minimum atomic E-state index is 0.801. The molecule has 16 heavy (non-hydrogen) atoms. The van der Waals surface area contributed by atoms with Crippen LogP contribution in [0.15, 0.2) is 12.4 Å². The van der Waals surface area contributed by atoms with Crippen molar-refractivity contribution in [3.05, 3.63) is 12.4 Å². The van der Waals surface area contributed by atoms with Crippen molar-refractivity contribution in [3.63, 3.8) is 0 Å². The normalized spacial score (nSPS) is 15.3. The number of hydrogen-bond donors (Lipinski definition) is 1. The molecule has 0 saturated heterocycles.